The summed E-state index contributed by atoms with van der Waals surface area (Å²) in [4.78, 5) is 17.3. The van der Waals surface area contributed by atoms with Crippen LogP contribution >= 0.6 is 0 Å². The van der Waals surface area contributed by atoms with Crippen LogP contribution in [0.4, 0.5) is 13.2 Å². The lowest BCUT2D eigenvalue weighted by molar-refractivity contribution is -0.138. The standard InChI is InChI=1S/C23H26F3N5O/c1-3-30-13-18(15(2)28-30)20-12-17(16-8-5-4-6-9-16)22(32)31(29-20)14-21-19(23(24,25)26)10-7-11-27-21/h7,10-13,16H,3-6,8-9,14H2,1-2H3. The van der Waals surface area contributed by atoms with Gasteiger partial charge in [-0.15, -0.1) is 0 Å². The highest BCUT2D eigenvalue weighted by Crippen LogP contribution is 2.33. The Balaban J connectivity index is 1.85. The van der Waals surface area contributed by atoms with E-state index in [1.165, 1.54) is 12.3 Å². The number of aromatic nitrogens is 5. The number of halogens is 3. The molecule has 0 aromatic carbocycles. The third-order valence-electron chi connectivity index (χ3n) is 6.09. The summed E-state index contributed by atoms with van der Waals surface area (Å²) in [5, 5.41) is 8.93. The number of alkyl halides is 3. The maximum atomic E-state index is 13.5. The maximum absolute atomic E-state index is 13.5. The van der Waals surface area contributed by atoms with Gasteiger partial charge in [-0.05, 0) is 50.8 Å². The highest BCUT2D eigenvalue weighted by molar-refractivity contribution is 5.61. The van der Waals surface area contributed by atoms with Crippen LogP contribution in [0.1, 0.15) is 67.5 Å². The summed E-state index contributed by atoms with van der Waals surface area (Å²) in [6.07, 6.45) is 3.59. The van der Waals surface area contributed by atoms with E-state index in [-0.39, 0.29) is 23.7 Å². The minimum atomic E-state index is -4.56. The van der Waals surface area contributed by atoms with Crippen LogP contribution in [0.2, 0.25) is 0 Å². The lowest BCUT2D eigenvalue weighted by Gasteiger charge is -2.22. The monoisotopic (exact) mass is 445 g/mol. The van der Waals surface area contributed by atoms with E-state index in [0.717, 1.165) is 54.1 Å². The molecule has 0 unspecified atom stereocenters. The summed E-state index contributed by atoms with van der Waals surface area (Å²) < 4.78 is 43.4. The highest BCUT2D eigenvalue weighted by Gasteiger charge is 2.34. The van der Waals surface area contributed by atoms with Crippen molar-refractivity contribution in [3.8, 4) is 11.3 Å². The molecule has 1 aliphatic carbocycles. The van der Waals surface area contributed by atoms with Gasteiger partial charge in [0.2, 0.25) is 0 Å². The van der Waals surface area contributed by atoms with Gasteiger partial charge in [-0.25, -0.2) is 4.68 Å². The van der Waals surface area contributed by atoms with Crippen molar-refractivity contribution in [1.29, 1.82) is 0 Å². The average molecular weight is 445 g/mol. The van der Waals surface area contributed by atoms with Crippen molar-refractivity contribution in [2.24, 2.45) is 0 Å². The molecule has 1 saturated carbocycles. The van der Waals surface area contributed by atoms with Crippen LogP contribution in [0, 0.1) is 6.92 Å². The Kier molecular flexibility index (Phi) is 6.17. The van der Waals surface area contributed by atoms with Crippen LogP contribution < -0.4 is 5.56 Å². The molecule has 3 aromatic heterocycles. The number of hydrogen-bond donors (Lipinski definition) is 0. The van der Waals surface area contributed by atoms with Crippen molar-refractivity contribution in [3.05, 3.63) is 63.5 Å². The van der Waals surface area contributed by atoms with E-state index in [0.29, 0.717) is 17.8 Å². The Morgan fingerprint density at radius 1 is 1.16 bits per heavy atom. The van der Waals surface area contributed by atoms with E-state index < -0.39 is 11.7 Å². The second kappa shape index (κ2) is 8.88. The van der Waals surface area contributed by atoms with Crippen molar-refractivity contribution in [2.45, 2.75) is 71.1 Å². The van der Waals surface area contributed by atoms with Gasteiger partial charge in [0.25, 0.3) is 5.56 Å². The summed E-state index contributed by atoms with van der Waals surface area (Å²) >= 11 is 0. The van der Waals surface area contributed by atoms with E-state index >= 15 is 0 Å². The molecule has 1 fully saturated rings. The largest absolute Gasteiger partial charge is 0.418 e. The second-order valence-electron chi connectivity index (χ2n) is 8.26. The van der Waals surface area contributed by atoms with E-state index in [4.69, 9.17) is 0 Å². The van der Waals surface area contributed by atoms with Gasteiger partial charge in [0.05, 0.1) is 29.2 Å². The summed E-state index contributed by atoms with van der Waals surface area (Å²) in [6.45, 7) is 4.17. The third kappa shape index (κ3) is 4.47. The Labute approximate surface area is 184 Å². The van der Waals surface area contributed by atoms with Gasteiger partial charge < -0.3 is 0 Å². The molecule has 0 aliphatic heterocycles. The van der Waals surface area contributed by atoms with Crippen molar-refractivity contribution in [2.75, 3.05) is 0 Å². The number of rotatable bonds is 5. The highest BCUT2D eigenvalue weighted by atomic mass is 19.4. The van der Waals surface area contributed by atoms with Crippen LogP contribution in [-0.4, -0.2) is 24.5 Å². The Morgan fingerprint density at radius 3 is 2.56 bits per heavy atom. The third-order valence-corrected chi connectivity index (χ3v) is 6.09. The summed E-state index contributed by atoms with van der Waals surface area (Å²) in [7, 11) is 0. The van der Waals surface area contributed by atoms with Crippen LogP contribution in [-0.2, 0) is 19.3 Å². The van der Waals surface area contributed by atoms with Crippen LogP contribution in [0.5, 0.6) is 0 Å². The maximum Gasteiger partial charge on any atom is 0.418 e. The van der Waals surface area contributed by atoms with E-state index in [9.17, 15) is 18.0 Å². The first-order chi connectivity index (χ1) is 15.3. The molecule has 4 rings (SSSR count). The Morgan fingerprint density at radius 2 is 1.91 bits per heavy atom. The van der Waals surface area contributed by atoms with E-state index in [2.05, 4.69) is 15.2 Å². The summed E-state index contributed by atoms with van der Waals surface area (Å²) in [6, 6.07) is 4.03. The fourth-order valence-electron chi connectivity index (χ4n) is 4.40. The molecule has 3 heterocycles. The first-order valence-corrected chi connectivity index (χ1v) is 11.0. The topological polar surface area (TPSA) is 65.6 Å². The quantitative estimate of drug-likeness (QED) is 0.558. The predicted octanol–water partition coefficient (Wildman–Crippen LogP) is 4.94. The molecule has 0 N–H and O–H groups in total. The zero-order valence-electron chi connectivity index (χ0n) is 18.2. The van der Waals surface area contributed by atoms with Crippen molar-refractivity contribution < 1.29 is 13.2 Å². The molecule has 0 saturated heterocycles. The Bertz CT molecular complexity index is 1160. The molecule has 1 aliphatic rings. The molecule has 0 atom stereocenters. The molecular formula is C23H26F3N5O. The normalized spacial score (nSPS) is 15.3. The lowest BCUT2D eigenvalue weighted by Crippen LogP contribution is -2.30. The van der Waals surface area contributed by atoms with Gasteiger partial charge in [-0.2, -0.15) is 23.4 Å². The number of nitrogens with zero attached hydrogens (tertiary/aromatic N) is 5. The zero-order chi connectivity index (χ0) is 22.9. The first-order valence-electron chi connectivity index (χ1n) is 11.0. The van der Waals surface area contributed by atoms with E-state index in [1.54, 1.807) is 4.68 Å². The first kappa shape index (κ1) is 22.2. The summed E-state index contributed by atoms with van der Waals surface area (Å²) in [5.74, 6) is 0.0802. The molecule has 0 amide bonds. The average Bonchev–Trinajstić information content (AvgIpc) is 3.16. The molecule has 9 heteroatoms. The SMILES string of the molecule is CCn1cc(-c2cc(C3CCCCC3)c(=O)n(Cc3ncccc3C(F)(F)F)n2)c(C)n1. The minimum absolute atomic E-state index is 0.0802. The van der Waals surface area contributed by atoms with Gasteiger partial charge in [0, 0.05) is 30.1 Å². The zero-order valence-corrected chi connectivity index (χ0v) is 18.2. The van der Waals surface area contributed by atoms with Crippen molar-refractivity contribution in [3.63, 3.8) is 0 Å². The number of hydrogen-bond acceptors (Lipinski definition) is 4. The van der Waals surface area contributed by atoms with Gasteiger partial charge in [-0.3, -0.25) is 14.5 Å². The van der Waals surface area contributed by atoms with Gasteiger partial charge in [-0.1, -0.05) is 19.3 Å². The molecule has 0 bridgehead atoms. The molecule has 0 radical (unpaired) electrons. The lowest BCUT2D eigenvalue weighted by atomic mass is 9.84. The molecule has 3 aromatic rings. The van der Waals surface area contributed by atoms with Crippen molar-refractivity contribution >= 4 is 0 Å². The smallest absolute Gasteiger partial charge is 0.272 e. The second-order valence-corrected chi connectivity index (χ2v) is 8.26. The van der Waals surface area contributed by atoms with Gasteiger partial charge >= 0.3 is 6.18 Å². The number of aryl methyl sites for hydroxylation is 2. The molecule has 32 heavy (non-hydrogen) atoms. The molecule has 170 valence electrons. The fourth-order valence-corrected chi connectivity index (χ4v) is 4.40. The summed E-state index contributed by atoms with van der Waals surface area (Å²) in [5.41, 5.74) is 1.27. The van der Waals surface area contributed by atoms with Crippen LogP contribution in [0.25, 0.3) is 11.3 Å². The minimum Gasteiger partial charge on any atom is -0.272 e. The van der Waals surface area contributed by atoms with E-state index in [1.807, 2.05) is 26.1 Å². The van der Waals surface area contributed by atoms with Gasteiger partial charge in [0.1, 0.15) is 0 Å². The predicted molar refractivity (Wildman–Crippen MR) is 114 cm³/mol. The molecule has 6 nitrogen and oxygen atoms in total. The van der Waals surface area contributed by atoms with Crippen molar-refractivity contribution in [1.82, 2.24) is 24.5 Å². The van der Waals surface area contributed by atoms with Gasteiger partial charge in [0.15, 0.2) is 0 Å². The van der Waals surface area contributed by atoms with Crippen LogP contribution in [0.3, 0.4) is 0 Å². The van der Waals surface area contributed by atoms with Crippen LogP contribution in [0.15, 0.2) is 35.4 Å². The fraction of sp³-hybridized carbons (Fsp3) is 0.478. The molecule has 0 spiro atoms. The molecular weight excluding hydrogens is 419 g/mol. The number of pyridine rings is 1. The Hall–Kier alpha value is -2.97.